The van der Waals surface area contributed by atoms with E-state index in [0.717, 1.165) is 34.6 Å². The van der Waals surface area contributed by atoms with Gasteiger partial charge in [-0.25, -0.2) is 9.97 Å². The summed E-state index contributed by atoms with van der Waals surface area (Å²) in [6, 6.07) is 12.1. The van der Waals surface area contributed by atoms with E-state index < -0.39 is 0 Å². The van der Waals surface area contributed by atoms with E-state index in [1.807, 2.05) is 24.3 Å². The zero-order valence-corrected chi connectivity index (χ0v) is 13.4. The van der Waals surface area contributed by atoms with Crippen molar-refractivity contribution in [2.45, 2.75) is 13.5 Å². The molecule has 4 rings (SSSR count). The molecule has 0 unspecified atom stereocenters. The number of hydrogen-bond acceptors (Lipinski definition) is 5. The van der Waals surface area contributed by atoms with Crippen LogP contribution in [0.4, 0.5) is 5.82 Å². The lowest BCUT2D eigenvalue weighted by atomic mass is 10.1. The molecule has 114 valence electrons. The third kappa shape index (κ3) is 2.83. The number of furan rings is 1. The number of fused-ring (bicyclic) bond motifs is 1. The Bertz CT molecular complexity index is 944. The molecule has 5 heteroatoms. The highest BCUT2D eigenvalue weighted by atomic mass is 32.1. The summed E-state index contributed by atoms with van der Waals surface area (Å²) in [4.78, 5) is 10.0. The Morgan fingerprint density at radius 2 is 2.13 bits per heavy atom. The Hall–Kier alpha value is -2.66. The van der Waals surface area contributed by atoms with Crippen LogP contribution in [-0.2, 0) is 6.54 Å². The average Bonchev–Trinajstić information content (AvgIpc) is 3.24. The number of nitrogens with zero attached hydrogens (tertiary/aromatic N) is 2. The van der Waals surface area contributed by atoms with E-state index in [9.17, 15) is 0 Å². The maximum absolute atomic E-state index is 5.48. The molecule has 23 heavy (non-hydrogen) atoms. The fourth-order valence-corrected chi connectivity index (χ4v) is 3.36. The van der Waals surface area contributed by atoms with Crippen molar-refractivity contribution >= 4 is 28.1 Å². The summed E-state index contributed by atoms with van der Waals surface area (Å²) >= 11 is 1.75. The highest BCUT2D eigenvalue weighted by Crippen LogP contribution is 2.27. The Morgan fingerprint density at radius 1 is 1.17 bits per heavy atom. The van der Waals surface area contributed by atoms with E-state index in [1.165, 1.54) is 10.4 Å². The third-order valence-electron chi connectivity index (χ3n) is 3.66. The van der Waals surface area contributed by atoms with Crippen molar-refractivity contribution in [3.05, 3.63) is 64.8 Å². The molecule has 3 heterocycles. The smallest absolute Gasteiger partial charge is 0.137 e. The fourth-order valence-electron chi connectivity index (χ4n) is 2.55. The van der Waals surface area contributed by atoms with Crippen LogP contribution in [0.3, 0.4) is 0 Å². The number of aryl methyl sites for hydroxylation is 1. The van der Waals surface area contributed by atoms with E-state index in [2.05, 4.69) is 39.7 Å². The minimum Gasteiger partial charge on any atom is -0.464 e. The van der Waals surface area contributed by atoms with Gasteiger partial charge in [-0.3, -0.25) is 0 Å². The van der Waals surface area contributed by atoms with E-state index in [1.54, 1.807) is 23.9 Å². The van der Waals surface area contributed by atoms with E-state index in [-0.39, 0.29) is 0 Å². The minimum atomic E-state index is 0.760. The molecule has 0 amide bonds. The van der Waals surface area contributed by atoms with Crippen molar-refractivity contribution in [2.24, 2.45) is 0 Å². The monoisotopic (exact) mass is 321 g/mol. The maximum atomic E-state index is 5.48. The van der Waals surface area contributed by atoms with Crippen LogP contribution in [0.1, 0.15) is 10.4 Å². The van der Waals surface area contributed by atoms with Crippen molar-refractivity contribution in [1.29, 1.82) is 0 Å². The number of aromatic nitrogens is 2. The fraction of sp³-hybridized carbons (Fsp3) is 0.111. The Labute approximate surface area is 137 Å². The first-order valence-corrected chi connectivity index (χ1v) is 8.24. The van der Waals surface area contributed by atoms with Crippen LogP contribution in [0.15, 0.2) is 58.8 Å². The molecule has 1 aromatic carbocycles. The molecule has 0 aliphatic rings. The van der Waals surface area contributed by atoms with Gasteiger partial charge < -0.3 is 9.73 Å². The van der Waals surface area contributed by atoms with E-state index in [0.29, 0.717) is 0 Å². The van der Waals surface area contributed by atoms with Crippen molar-refractivity contribution < 1.29 is 4.42 Å². The van der Waals surface area contributed by atoms with Crippen LogP contribution < -0.4 is 5.32 Å². The summed E-state index contributed by atoms with van der Waals surface area (Å²) in [5, 5.41) is 6.57. The number of hydrogen-bond donors (Lipinski definition) is 1. The van der Waals surface area contributed by atoms with Gasteiger partial charge in [0.1, 0.15) is 17.9 Å². The molecule has 0 aliphatic heterocycles. The molecule has 0 bridgehead atoms. The Kier molecular flexibility index (Phi) is 3.55. The predicted octanol–water partition coefficient (Wildman–Crippen LogP) is 4.87. The molecule has 1 N–H and O–H groups in total. The van der Waals surface area contributed by atoms with Gasteiger partial charge in [0.2, 0.25) is 0 Å². The number of anilines is 1. The highest BCUT2D eigenvalue weighted by molar-refractivity contribution is 7.10. The minimum absolute atomic E-state index is 0.760. The van der Waals surface area contributed by atoms with Gasteiger partial charge in [0.15, 0.2) is 0 Å². The van der Waals surface area contributed by atoms with Crippen LogP contribution >= 0.6 is 11.3 Å². The lowest BCUT2D eigenvalue weighted by Gasteiger charge is -2.08. The number of nitrogens with one attached hydrogen (secondary N) is 1. The average molecular weight is 321 g/mol. The first-order valence-electron chi connectivity index (χ1n) is 7.36. The predicted molar refractivity (Wildman–Crippen MR) is 93.6 cm³/mol. The molecular weight excluding hydrogens is 306 g/mol. The molecule has 4 aromatic rings. The third-order valence-corrected chi connectivity index (χ3v) is 4.71. The second-order valence-electron chi connectivity index (χ2n) is 5.38. The molecule has 4 nitrogen and oxygen atoms in total. The lowest BCUT2D eigenvalue weighted by Crippen LogP contribution is -2.01. The standard InChI is InChI=1S/C18H15N3OS/c1-12-7-14(23-10-12)9-19-18-15-8-13(17-3-2-6-22-17)4-5-16(15)20-11-21-18/h2-8,10-11H,9H2,1H3,(H,19,20,21). The summed E-state index contributed by atoms with van der Waals surface area (Å²) in [7, 11) is 0. The summed E-state index contributed by atoms with van der Waals surface area (Å²) in [6.07, 6.45) is 3.27. The van der Waals surface area contributed by atoms with Gasteiger partial charge in [0.05, 0.1) is 18.3 Å². The van der Waals surface area contributed by atoms with Crippen LogP contribution in [-0.4, -0.2) is 9.97 Å². The zero-order valence-electron chi connectivity index (χ0n) is 12.6. The number of rotatable bonds is 4. The maximum Gasteiger partial charge on any atom is 0.137 e. The quantitative estimate of drug-likeness (QED) is 0.582. The molecule has 0 saturated carbocycles. The van der Waals surface area contributed by atoms with Gasteiger partial charge in [-0.15, -0.1) is 11.3 Å². The largest absolute Gasteiger partial charge is 0.464 e. The van der Waals surface area contributed by atoms with Gasteiger partial charge in [0, 0.05) is 15.8 Å². The molecule has 0 radical (unpaired) electrons. The second-order valence-corrected chi connectivity index (χ2v) is 6.37. The van der Waals surface area contributed by atoms with Crippen molar-refractivity contribution in [1.82, 2.24) is 9.97 Å². The Balaban J connectivity index is 1.69. The Morgan fingerprint density at radius 3 is 2.91 bits per heavy atom. The molecular formula is C18H15N3OS. The van der Waals surface area contributed by atoms with E-state index in [4.69, 9.17) is 4.42 Å². The van der Waals surface area contributed by atoms with Gasteiger partial charge in [0.25, 0.3) is 0 Å². The number of benzene rings is 1. The molecule has 0 saturated heterocycles. The summed E-state index contributed by atoms with van der Waals surface area (Å²) in [5.41, 5.74) is 3.23. The van der Waals surface area contributed by atoms with Crippen LogP contribution in [0.25, 0.3) is 22.2 Å². The van der Waals surface area contributed by atoms with Gasteiger partial charge in [-0.2, -0.15) is 0 Å². The molecule has 0 aliphatic carbocycles. The van der Waals surface area contributed by atoms with Crippen LogP contribution in [0, 0.1) is 6.92 Å². The number of thiophene rings is 1. The van der Waals surface area contributed by atoms with Crippen molar-refractivity contribution in [3.63, 3.8) is 0 Å². The summed E-state index contributed by atoms with van der Waals surface area (Å²) in [5.74, 6) is 1.69. The van der Waals surface area contributed by atoms with E-state index >= 15 is 0 Å². The first-order chi connectivity index (χ1) is 11.3. The molecule has 3 aromatic heterocycles. The topological polar surface area (TPSA) is 51.0 Å². The van der Waals surface area contributed by atoms with Crippen LogP contribution in [0.2, 0.25) is 0 Å². The molecule has 0 spiro atoms. The summed E-state index contributed by atoms with van der Waals surface area (Å²) in [6.45, 7) is 2.87. The zero-order chi connectivity index (χ0) is 15.6. The van der Waals surface area contributed by atoms with Gasteiger partial charge in [-0.1, -0.05) is 0 Å². The second kappa shape index (κ2) is 5.85. The lowest BCUT2D eigenvalue weighted by molar-refractivity contribution is 0.582. The normalized spacial score (nSPS) is 11.0. The molecule has 0 fully saturated rings. The van der Waals surface area contributed by atoms with Gasteiger partial charge >= 0.3 is 0 Å². The SMILES string of the molecule is Cc1csc(CNc2ncnc3ccc(-c4ccco4)cc23)c1. The first kappa shape index (κ1) is 14.0. The van der Waals surface area contributed by atoms with Crippen molar-refractivity contribution in [2.75, 3.05) is 5.32 Å². The van der Waals surface area contributed by atoms with Gasteiger partial charge in [-0.05, 0) is 54.3 Å². The van der Waals surface area contributed by atoms with Crippen LogP contribution in [0.5, 0.6) is 0 Å². The molecule has 0 atom stereocenters. The summed E-state index contributed by atoms with van der Waals surface area (Å²) < 4.78 is 5.48. The van der Waals surface area contributed by atoms with Crippen molar-refractivity contribution in [3.8, 4) is 11.3 Å². The highest BCUT2D eigenvalue weighted by Gasteiger charge is 2.08.